The normalized spacial score (nSPS) is 17.6. The van der Waals surface area contributed by atoms with Crippen LogP contribution in [-0.4, -0.2) is 11.1 Å². The fourth-order valence-corrected chi connectivity index (χ4v) is 4.11. The molecule has 0 radical (unpaired) electrons. The first-order valence-corrected chi connectivity index (χ1v) is 10.7. The Morgan fingerprint density at radius 2 is 1.18 bits per heavy atom. The van der Waals surface area contributed by atoms with E-state index in [4.69, 9.17) is 9.47 Å². The van der Waals surface area contributed by atoms with E-state index in [0.717, 1.165) is 16.7 Å². The van der Waals surface area contributed by atoms with Crippen molar-refractivity contribution in [3.05, 3.63) is 143 Å². The topological polar surface area (TPSA) is 55.8 Å². The molecular formula is C29H22O4. The van der Waals surface area contributed by atoms with Crippen molar-refractivity contribution in [2.24, 2.45) is 0 Å². The highest BCUT2D eigenvalue weighted by Gasteiger charge is 2.52. The molecule has 0 saturated carbocycles. The zero-order chi connectivity index (χ0) is 22.7. The first-order chi connectivity index (χ1) is 16.2. The molecule has 5 rings (SSSR count). The molecule has 1 unspecified atom stereocenters. The Morgan fingerprint density at radius 1 is 0.667 bits per heavy atom. The molecular weight excluding hydrogens is 412 g/mol. The first-order valence-electron chi connectivity index (χ1n) is 10.7. The van der Waals surface area contributed by atoms with Crippen LogP contribution in [0.4, 0.5) is 0 Å². The first kappa shape index (κ1) is 20.6. The number of esters is 1. The quantitative estimate of drug-likeness (QED) is 0.370. The van der Waals surface area contributed by atoms with Crippen LogP contribution in [0.3, 0.4) is 0 Å². The minimum absolute atomic E-state index is 0.146. The Hall–Kier alpha value is -4.31. The van der Waals surface area contributed by atoms with Crippen LogP contribution in [0.1, 0.15) is 16.7 Å². The second-order valence-electron chi connectivity index (χ2n) is 7.83. The maximum atomic E-state index is 12.9. The molecule has 0 aliphatic carbocycles. The van der Waals surface area contributed by atoms with E-state index in [1.54, 1.807) is 0 Å². The summed E-state index contributed by atoms with van der Waals surface area (Å²) >= 11 is 0. The van der Waals surface area contributed by atoms with Crippen LogP contribution >= 0.6 is 0 Å². The van der Waals surface area contributed by atoms with Crippen LogP contribution in [0, 0.1) is 0 Å². The highest BCUT2D eigenvalue weighted by atomic mass is 16.6. The lowest BCUT2D eigenvalue weighted by Crippen LogP contribution is -2.30. The van der Waals surface area contributed by atoms with Gasteiger partial charge < -0.3 is 14.6 Å². The third-order valence-corrected chi connectivity index (χ3v) is 5.78. The Labute approximate surface area is 192 Å². The zero-order valence-electron chi connectivity index (χ0n) is 17.8. The molecule has 0 amide bonds. The Kier molecular flexibility index (Phi) is 5.41. The summed E-state index contributed by atoms with van der Waals surface area (Å²) in [7, 11) is 0. The van der Waals surface area contributed by atoms with Gasteiger partial charge in [-0.2, -0.15) is 0 Å². The smallest absolute Gasteiger partial charge is 0.379 e. The van der Waals surface area contributed by atoms with Gasteiger partial charge in [0.05, 0.1) is 0 Å². The maximum Gasteiger partial charge on any atom is 0.379 e. The molecule has 0 fully saturated rings. The van der Waals surface area contributed by atoms with Crippen molar-refractivity contribution in [1.82, 2.24) is 0 Å². The van der Waals surface area contributed by atoms with Crippen molar-refractivity contribution in [3.63, 3.8) is 0 Å². The van der Waals surface area contributed by atoms with E-state index in [0.29, 0.717) is 11.1 Å². The van der Waals surface area contributed by atoms with Gasteiger partial charge >= 0.3 is 5.97 Å². The van der Waals surface area contributed by atoms with Crippen molar-refractivity contribution < 1.29 is 19.4 Å². The summed E-state index contributed by atoms with van der Waals surface area (Å²) in [6.07, 6.45) is 0. The lowest BCUT2D eigenvalue weighted by atomic mass is 9.84. The van der Waals surface area contributed by atoms with Gasteiger partial charge in [-0.05, 0) is 16.7 Å². The Bertz CT molecular complexity index is 1280. The Morgan fingerprint density at radius 3 is 1.82 bits per heavy atom. The van der Waals surface area contributed by atoms with E-state index >= 15 is 0 Å². The van der Waals surface area contributed by atoms with Crippen LogP contribution in [-0.2, 0) is 26.5 Å². The molecule has 33 heavy (non-hydrogen) atoms. The fourth-order valence-electron chi connectivity index (χ4n) is 4.11. The summed E-state index contributed by atoms with van der Waals surface area (Å²) in [5.41, 5.74) is 2.79. The second kappa shape index (κ2) is 8.67. The standard InChI is InChI=1S/C29H22O4/c30-27-26(32-20-21-10-4-1-5-11-21)28(31)33-29(27,24-14-8-3-9-15-24)25-18-16-23(17-19-25)22-12-6-2-7-13-22/h1-19,30H,20H2. The highest BCUT2D eigenvalue weighted by Crippen LogP contribution is 2.46. The molecule has 1 atom stereocenters. The van der Waals surface area contributed by atoms with E-state index in [1.807, 2.05) is 115 Å². The largest absolute Gasteiger partial charge is 0.504 e. The molecule has 0 aromatic heterocycles. The number of ether oxygens (including phenoxy) is 2. The third kappa shape index (κ3) is 3.76. The third-order valence-electron chi connectivity index (χ3n) is 5.78. The maximum absolute atomic E-state index is 12.9. The number of carbonyl (C=O) groups excluding carboxylic acids is 1. The summed E-state index contributed by atoms with van der Waals surface area (Å²) in [5.74, 6) is -1.11. The van der Waals surface area contributed by atoms with Crippen LogP contribution in [0.15, 0.2) is 127 Å². The zero-order valence-corrected chi connectivity index (χ0v) is 17.8. The van der Waals surface area contributed by atoms with Gasteiger partial charge in [-0.1, -0.05) is 115 Å². The summed E-state index contributed by atoms with van der Waals surface area (Å²) in [6.45, 7) is 0.146. The minimum atomic E-state index is -1.47. The molecule has 0 spiro atoms. The molecule has 4 aromatic carbocycles. The summed E-state index contributed by atoms with van der Waals surface area (Å²) in [4.78, 5) is 12.9. The fraction of sp³-hybridized carbons (Fsp3) is 0.0690. The molecule has 1 aliphatic heterocycles. The van der Waals surface area contributed by atoms with Crippen molar-refractivity contribution in [3.8, 4) is 11.1 Å². The van der Waals surface area contributed by atoms with Crippen LogP contribution in [0.25, 0.3) is 11.1 Å². The number of carbonyl (C=O) groups is 1. The van der Waals surface area contributed by atoms with E-state index in [2.05, 4.69) is 0 Å². The number of rotatable bonds is 6. The number of aliphatic hydroxyl groups is 1. The van der Waals surface area contributed by atoms with E-state index < -0.39 is 11.6 Å². The number of aliphatic hydroxyl groups excluding tert-OH is 1. The summed E-state index contributed by atoms with van der Waals surface area (Å²) in [6, 6.07) is 36.4. The summed E-state index contributed by atoms with van der Waals surface area (Å²) in [5, 5.41) is 11.3. The molecule has 1 aliphatic rings. The Balaban J connectivity index is 1.56. The van der Waals surface area contributed by atoms with Gasteiger partial charge in [0, 0.05) is 11.1 Å². The van der Waals surface area contributed by atoms with Crippen LogP contribution < -0.4 is 0 Å². The van der Waals surface area contributed by atoms with Gasteiger partial charge in [0.2, 0.25) is 11.4 Å². The van der Waals surface area contributed by atoms with E-state index in [9.17, 15) is 9.90 Å². The molecule has 162 valence electrons. The average molecular weight is 434 g/mol. The van der Waals surface area contributed by atoms with E-state index in [-0.39, 0.29) is 18.1 Å². The monoisotopic (exact) mass is 434 g/mol. The molecule has 4 nitrogen and oxygen atoms in total. The molecule has 1 N–H and O–H groups in total. The van der Waals surface area contributed by atoms with Gasteiger partial charge in [-0.25, -0.2) is 4.79 Å². The molecule has 4 aromatic rings. The van der Waals surface area contributed by atoms with Crippen molar-refractivity contribution in [1.29, 1.82) is 0 Å². The van der Waals surface area contributed by atoms with Gasteiger partial charge in [-0.15, -0.1) is 0 Å². The minimum Gasteiger partial charge on any atom is -0.504 e. The second-order valence-corrected chi connectivity index (χ2v) is 7.83. The molecule has 0 saturated heterocycles. The molecule has 0 bridgehead atoms. The summed E-state index contributed by atoms with van der Waals surface area (Å²) < 4.78 is 11.7. The predicted octanol–water partition coefficient (Wildman–Crippen LogP) is 6.14. The molecule has 1 heterocycles. The van der Waals surface area contributed by atoms with Crippen LogP contribution in [0.5, 0.6) is 0 Å². The van der Waals surface area contributed by atoms with Crippen molar-refractivity contribution in [2.45, 2.75) is 12.2 Å². The SMILES string of the molecule is O=C1OC(c2ccccc2)(c2ccc(-c3ccccc3)cc2)C(O)=C1OCc1ccccc1. The van der Waals surface area contributed by atoms with Crippen LogP contribution in [0.2, 0.25) is 0 Å². The van der Waals surface area contributed by atoms with Gasteiger partial charge in [0.15, 0.2) is 5.76 Å². The van der Waals surface area contributed by atoms with Crippen molar-refractivity contribution in [2.75, 3.05) is 0 Å². The van der Waals surface area contributed by atoms with Crippen molar-refractivity contribution >= 4 is 5.97 Å². The van der Waals surface area contributed by atoms with Gasteiger partial charge in [0.25, 0.3) is 0 Å². The lowest BCUT2D eigenvalue weighted by molar-refractivity contribution is -0.148. The number of cyclic esters (lactones) is 1. The van der Waals surface area contributed by atoms with E-state index in [1.165, 1.54) is 0 Å². The van der Waals surface area contributed by atoms with Gasteiger partial charge in [-0.3, -0.25) is 0 Å². The lowest BCUT2D eigenvalue weighted by Gasteiger charge is -2.29. The molecule has 4 heteroatoms. The number of hydrogen-bond donors (Lipinski definition) is 1. The number of benzene rings is 4. The predicted molar refractivity (Wildman–Crippen MR) is 126 cm³/mol. The van der Waals surface area contributed by atoms with Gasteiger partial charge in [0.1, 0.15) is 6.61 Å². The average Bonchev–Trinajstić information content (AvgIpc) is 3.14. The number of hydrogen-bond acceptors (Lipinski definition) is 4. The highest BCUT2D eigenvalue weighted by molar-refractivity contribution is 5.91.